The molecule has 20 heavy (non-hydrogen) atoms. The highest BCUT2D eigenvalue weighted by atomic mass is 19.4. The van der Waals surface area contributed by atoms with Crippen molar-refractivity contribution < 1.29 is 28.0 Å². The lowest BCUT2D eigenvalue weighted by atomic mass is 10.3. The van der Waals surface area contributed by atoms with E-state index in [9.17, 15) is 28.1 Å². The van der Waals surface area contributed by atoms with Crippen molar-refractivity contribution in [2.45, 2.75) is 25.7 Å². The summed E-state index contributed by atoms with van der Waals surface area (Å²) < 4.78 is 37.4. The Morgan fingerprint density at radius 1 is 1.60 bits per heavy atom. The third-order valence-electron chi connectivity index (χ3n) is 2.50. The molecule has 0 aliphatic rings. The van der Waals surface area contributed by atoms with Crippen LogP contribution in [0.1, 0.15) is 17.4 Å². The van der Waals surface area contributed by atoms with Gasteiger partial charge in [0.2, 0.25) is 0 Å². The number of aliphatic hydroxyl groups is 1. The molecular weight excluding hydrogens is 283 g/mol. The Morgan fingerprint density at radius 2 is 2.20 bits per heavy atom. The summed E-state index contributed by atoms with van der Waals surface area (Å²) in [5.74, 6) is -0.928. The molecule has 112 valence electrons. The zero-order valence-corrected chi connectivity index (χ0v) is 10.3. The number of aromatic nitrogens is 1. The number of nitrogens with one attached hydrogen (secondary N) is 1. The van der Waals surface area contributed by atoms with Crippen LogP contribution in [-0.2, 0) is 6.54 Å². The van der Waals surface area contributed by atoms with Gasteiger partial charge in [-0.25, -0.2) is 0 Å². The molecular formula is C10H12F3N3O4. The van der Waals surface area contributed by atoms with E-state index < -0.39 is 29.7 Å². The van der Waals surface area contributed by atoms with Crippen molar-refractivity contribution in [2.75, 3.05) is 6.54 Å². The number of nitro groups is 1. The predicted molar refractivity (Wildman–Crippen MR) is 61.2 cm³/mol. The second kappa shape index (κ2) is 5.90. The lowest BCUT2D eigenvalue weighted by molar-refractivity contribution is -0.384. The number of rotatable bonds is 5. The number of hydrogen-bond donors (Lipinski definition) is 2. The van der Waals surface area contributed by atoms with Gasteiger partial charge in [0.15, 0.2) is 6.10 Å². The summed E-state index contributed by atoms with van der Waals surface area (Å²) in [6.07, 6.45) is -6.42. The van der Waals surface area contributed by atoms with E-state index in [0.29, 0.717) is 0 Å². The zero-order valence-electron chi connectivity index (χ0n) is 10.3. The minimum Gasteiger partial charge on any atom is -0.382 e. The van der Waals surface area contributed by atoms with Gasteiger partial charge in [-0.2, -0.15) is 13.2 Å². The van der Waals surface area contributed by atoms with E-state index in [-0.39, 0.29) is 17.9 Å². The Bertz CT molecular complexity index is 512. The highest BCUT2D eigenvalue weighted by molar-refractivity contribution is 5.93. The molecule has 0 saturated carbocycles. The summed E-state index contributed by atoms with van der Waals surface area (Å²) >= 11 is 0. The second-order valence-corrected chi connectivity index (χ2v) is 3.89. The fourth-order valence-corrected chi connectivity index (χ4v) is 1.44. The molecule has 0 radical (unpaired) electrons. The van der Waals surface area contributed by atoms with Crippen molar-refractivity contribution in [3.63, 3.8) is 0 Å². The fourth-order valence-electron chi connectivity index (χ4n) is 1.44. The van der Waals surface area contributed by atoms with Crippen molar-refractivity contribution in [1.82, 2.24) is 9.88 Å². The van der Waals surface area contributed by atoms with Gasteiger partial charge in [0.25, 0.3) is 11.6 Å². The van der Waals surface area contributed by atoms with E-state index in [1.807, 2.05) is 5.32 Å². The highest BCUT2D eigenvalue weighted by Crippen LogP contribution is 2.20. The van der Waals surface area contributed by atoms with Crippen LogP contribution in [0.4, 0.5) is 18.9 Å². The van der Waals surface area contributed by atoms with E-state index in [2.05, 4.69) is 0 Å². The Labute approximate surface area is 111 Å². The molecule has 1 atom stereocenters. The molecule has 10 heteroatoms. The quantitative estimate of drug-likeness (QED) is 0.627. The molecule has 1 aromatic heterocycles. The maximum absolute atomic E-state index is 12.1. The number of alkyl halides is 3. The van der Waals surface area contributed by atoms with Gasteiger partial charge in [-0.3, -0.25) is 14.9 Å². The molecule has 1 amide bonds. The Kier molecular flexibility index (Phi) is 4.71. The molecule has 1 aromatic rings. The van der Waals surface area contributed by atoms with E-state index in [4.69, 9.17) is 5.11 Å². The van der Waals surface area contributed by atoms with Gasteiger partial charge in [-0.1, -0.05) is 0 Å². The second-order valence-electron chi connectivity index (χ2n) is 3.89. The van der Waals surface area contributed by atoms with Gasteiger partial charge < -0.3 is 15.0 Å². The summed E-state index contributed by atoms with van der Waals surface area (Å²) in [7, 11) is 0. The first-order chi connectivity index (χ1) is 9.16. The number of carbonyl (C=O) groups excluding carboxylic acids is 1. The summed E-state index contributed by atoms with van der Waals surface area (Å²) in [5.41, 5.74) is -0.484. The van der Waals surface area contributed by atoms with Crippen LogP contribution in [0.15, 0.2) is 12.3 Å². The third-order valence-corrected chi connectivity index (χ3v) is 2.50. The molecule has 7 nitrogen and oxygen atoms in total. The largest absolute Gasteiger partial charge is 0.416 e. The van der Waals surface area contributed by atoms with Crippen LogP contribution in [0.2, 0.25) is 0 Å². The van der Waals surface area contributed by atoms with Gasteiger partial charge in [-0.15, -0.1) is 0 Å². The van der Waals surface area contributed by atoms with Gasteiger partial charge in [0.05, 0.1) is 17.7 Å². The van der Waals surface area contributed by atoms with Crippen molar-refractivity contribution in [2.24, 2.45) is 0 Å². The molecule has 0 aliphatic carbocycles. The molecule has 0 bridgehead atoms. The average molecular weight is 295 g/mol. The molecule has 1 heterocycles. The van der Waals surface area contributed by atoms with Crippen molar-refractivity contribution in [1.29, 1.82) is 0 Å². The SMILES string of the molecule is CCn1cc([N+](=O)[O-])cc1C(=O)NCC(O)C(F)(F)F. The monoisotopic (exact) mass is 295 g/mol. The van der Waals surface area contributed by atoms with Gasteiger partial charge in [0.1, 0.15) is 5.69 Å². The minimum atomic E-state index is -4.84. The topological polar surface area (TPSA) is 97.4 Å². The van der Waals surface area contributed by atoms with E-state index in [0.717, 1.165) is 12.3 Å². The van der Waals surface area contributed by atoms with Crippen molar-refractivity contribution in [3.05, 3.63) is 28.1 Å². The molecule has 0 spiro atoms. The van der Waals surface area contributed by atoms with Gasteiger partial charge in [-0.05, 0) is 6.92 Å². The van der Waals surface area contributed by atoms with Crippen LogP contribution in [0, 0.1) is 10.1 Å². The van der Waals surface area contributed by atoms with E-state index >= 15 is 0 Å². The first kappa shape index (κ1) is 16.0. The maximum Gasteiger partial charge on any atom is 0.416 e. The number of nitrogens with zero attached hydrogens (tertiary/aromatic N) is 2. The zero-order chi connectivity index (χ0) is 15.5. The first-order valence-corrected chi connectivity index (χ1v) is 5.54. The first-order valence-electron chi connectivity index (χ1n) is 5.54. The number of halogens is 3. The normalized spacial score (nSPS) is 13.1. The molecule has 0 aliphatic heterocycles. The summed E-state index contributed by atoms with van der Waals surface area (Å²) in [6, 6.07) is 0.957. The third kappa shape index (κ3) is 3.70. The molecule has 1 rings (SSSR count). The average Bonchev–Trinajstić information content (AvgIpc) is 2.78. The Hall–Kier alpha value is -2.10. The van der Waals surface area contributed by atoms with Crippen LogP contribution < -0.4 is 5.32 Å². The number of aryl methyl sites for hydroxylation is 1. The molecule has 0 fully saturated rings. The van der Waals surface area contributed by atoms with Crippen LogP contribution >= 0.6 is 0 Å². The summed E-state index contributed by atoms with van der Waals surface area (Å²) in [4.78, 5) is 21.5. The van der Waals surface area contributed by atoms with Crippen LogP contribution in [0.25, 0.3) is 0 Å². The van der Waals surface area contributed by atoms with Crippen LogP contribution in [-0.4, -0.2) is 39.3 Å². The Morgan fingerprint density at radius 3 is 2.65 bits per heavy atom. The number of hydrogen-bond acceptors (Lipinski definition) is 4. The lowest BCUT2D eigenvalue weighted by Gasteiger charge is -2.15. The molecule has 2 N–H and O–H groups in total. The smallest absolute Gasteiger partial charge is 0.382 e. The van der Waals surface area contributed by atoms with Crippen molar-refractivity contribution in [3.8, 4) is 0 Å². The summed E-state index contributed by atoms with van der Waals surface area (Å²) in [5, 5.41) is 21.2. The standard InChI is InChI=1S/C10H12F3N3O4/c1-2-15-5-6(16(19)20)3-7(15)9(18)14-4-8(17)10(11,12)13/h3,5,8,17H,2,4H2,1H3,(H,14,18). The molecule has 0 saturated heterocycles. The van der Waals surface area contributed by atoms with Crippen LogP contribution in [0.5, 0.6) is 0 Å². The summed E-state index contributed by atoms with van der Waals surface area (Å²) in [6.45, 7) is 0.828. The molecule has 0 aromatic carbocycles. The Balaban J connectivity index is 2.80. The predicted octanol–water partition coefficient (Wildman–Crippen LogP) is 1.07. The van der Waals surface area contributed by atoms with Crippen molar-refractivity contribution >= 4 is 11.6 Å². The minimum absolute atomic E-state index is 0.145. The van der Waals surface area contributed by atoms with Gasteiger partial charge in [0, 0.05) is 12.6 Å². The highest BCUT2D eigenvalue weighted by Gasteiger charge is 2.38. The lowest BCUT2D eigenvalue weighted by Crippen LogP contribution is -2.41. The van der Waals surface area contributed by atoms with Gasteiger partial charge >= 0.3 is 6.18 Å². The maximum atomic E-state index is 12.1. The number of carbonyl (C=O) groups is 1. The van der Waals surface area contributed by atoms with E-state index in [1.165, 1.54) is 4.57 Å². The van der Waals surface area contributed by atoms with E-state index in [1.54, 1.807) is 6.92 Å². The fraction of sp³-hybridized carbons (Fsp3) is 0.500. The van der Waals surface area contributed by atoms with Crippen LogP contribution in [0.3, 0.4) is 0 Å². The molecule has 1 unspecified atom stereocenters. The number of amides is 1. The number of aliphatic hydroxyl groups excluding tert-OH is 1.